The minimum Gasteiger partial charge on any atom is -0.324 e. The molecular weight excluding hydrogens is 212 g/mol. The number of aryl methyl sites for hydroxylation is 1. The number of nitrogens with zero attached hydrogens (tertiary/aromatic N) is 3. The Balaban J connectivity index is 2.16. The van der Waals surface area contributed by atoms with Gasteiger partial charge in [0.15, 0.2) is 0 Å². The largest absolute Gasteiger partial charge is 0.324 e. The lowest BCUT2D eigenvalue weighted by molar-refractivity contribution is 0.0661. The summed E-state index contributed by atoms with van der Waals surface area (Å²) < 4.78 is 2.17. The van der Waals surface area contributed by atoms with E-state index in [0.717, 1.165) is 18.8 Å². The van der Waals surface area contributed by atoms with Gasteiger partial charge in [0.1, 0.15) is 0 Å². The summed E-state index contributed by atoms with van der Waals surface area (Å²) >= 11 is 0. The van der Waals surface area contributed by atoms with Gasteiger partial charge in [-0.25, -0.2) is 0 Å². The molecule has 1 saturated heterocycles. The molecule has 4 heteroatoms. The lowest BCUT2D eigenvalue weighted by atomic mass is 10.0. The van der Waals surface area contributed by atoms with Gasteiger partial charge in [-0.2, -0.15) is 5.10 Å². The monoisotopic (exact) mass is 236 g/mol. The highest BCUT2D eigenvalue weighted by atomic mass is 15.4. The van der Waals surface area contributed by atoms with E-state index in [1.54, 1.807) is 0 Å². The van der Waals surface area contributed by atoms with Gasteiger partial charge >= 0.3 is 0 Å². The van der Waals surface area contributed by atoms with Crippen LogP contribution in [0.15, 0.2) is 0 Å². The number of likely N-dealkylation sites (tertiary alicyclic amines) is 1. The first-order valence-corrected chi connectivity index (χ1v) is 6.47. The molecule has 2 rings (SSSR count). The summed E-state index contributed by atoms with van der Waals surface area (Å²) in [7, 11) is 0. The van der Waals surface area contributed by atoms with Crippen LogP contribution in [-0.4, -0.2) is 33.8 Å². The summed E-state index contributed by atoms with van der Waals surface area (Å²) in [5.74, 6) is 0. The first kappa shape index (κ1) is 12.6. The highest BCUT2D eigenvalue weighted by Gasteiger charge is 2.32. The lowest BCUT2D eigenvalue weighted by Crippen LogP contribution is -2.51. The van der Waals surface area contributed by atoms with Crippen LogP contribution in [-0.2, 0) is 0 Å². The fourth-order valence-corrected chi connectivity index (χ4v) is 2.75. The van der Waals surface area contributed by atoms with E-state index in [0.29, 0.717) is 12.1 Å². The molecule has 2 N–H and O–H groups in total. The van der Waals surface area contributed by atoms with Crippen molar-refractivity contribution in [3.63, 3.8) is 0 Å². The van der Waals surface area contributed by atoms with E-state index in [1.807, 2.05) is 6.92 Å². The average Bonchev–Trinajstić information content (AvgIpc) is 2.38. The SMILES string of the molecule is Cc1nn(C2CN(C(C)C)C2)c(C)c1C(C)N. The van der Waals surface area contributed by atoms with E-state index in [9.17, 15) is 0 Å². The highest BCUT2D eigenvalue weighted by Crippen LogP contribution is 2.28. The molecule has 17 heavy (non-hydrogen) atoms. The maximum Gasteiger partial charge on any atom is 0.0776 e. The van der Waals surface area contributed by atoms with Crippen LogP contribution in [0.3, 0.4) is 0 Å². The van der Waals surface area contributed by atoms with Crippen molar-refractivity contribution in [3.8, 4) is 0 Å². The molecule has 96 valence electrons. The van der Waals surface area contributed by atoms with Gasteiger partial charge in [-0.15, -0.1) is 0 Å². The fraction of sp³-hybridized carbons (Fsp3) is 0.769. The third-order valence-electron chi connectivity index (χ3n) is 3.80. The van der Waals surface area contributed by atoms with Gasteiger partial charge in [0.05, 0.1) is 11.7 Å². The third kappa shape index (κ3) is 2.11. The zero-order valence-corrected chi connectivity index (χ0v) is 11.6. The van der Waals surface area contributed by atoms with Gasteiger partial charge in [0, 0.05) is 36.4 Å². The van der Waals surface area contributed by atoms with Crippen molar-refractivity contribution in [2.75, 3.05) is 13.1 Å². The van der Waals surface area contributed by atoms with Gasteiger partial charge in [0.25, 0.3) is 0 Å². The number of aromatic nitrogens is 2. The number of rotatable bonds is 3. The zero-order chi connectivity index (χ0) is 12.7. The van der Waals surface area contributed by atoms with Crippen LogP contribution in [0.2, 0.25) is 0 Å². The van der Waals surface area contributed by atoms with Crippen molar-refractivity contribution in [1.29, 1.82) is 0 Å². The molecule has 1 aliphatic rings. The average molecular weight is 236 g/mol. The van der Waals surface area contributed by atoms with E-state index in [2.05, 4.69) is 42.4 Å². The summed E-state index contributed by atoms with van der Waals surface area (Å²) in [6.07, 6.45) is 0. The van der Waals surface area contributed by atoms with Gasteiger partial charge in [-0.3, -0.25) is 9.58 Å². The van der Waals surface area contributed by atoms with Crippen molar-refractivity contribution in [2.24, 2.45) is 5.73 Å². The van der Waals surface area contributed by atoms with Crippen molar-refractivity contribution < 1.29 is 0 Å². The fourth-order valence-electron chi connectivity index (χ4n) is 2.75. The van der Waals surface area contributed by atoms with Crippen LogP contribution in [0.25, 0.3) is 0 Å². The van der Waals surface area contributed by atoms with Gasteiger partial charge in [-0.05, 0) is 34.6 Å². The smallest absolute Gasteiger partial charge is 0.0776 e. The second kappa shape index (κ2) is 4.42. The normalized spacial score (nSPS) is 19.7. The van der Waals surface area contributed by atoms with Crippen LogP contribution in [0.5, 0.6) is 0 Å². The first-order valence-electron chi connectivity index (χ1n) is 6.47. The zero-order valence-electron chi connectivity index (χ0n) is 11.6. The Morgan fingerprint density at radius 3 is 2.24 bits per heavy atom. The summed E-state index contributed by atoms with van der Waals surface area (Å²) in [5.41, 5.74) is 9.54. The molecule has 0 aromatic carbocycles. The Morgan fingerprint density at radius 2 is 1.82 bits per heavy atom. The van der Waals surface area contributed by atoms with Crippen LogP contribution >= 0.6 is 0 Å². The standard InChI is InChI=1S/C13H24N4/c1-8(2)16-6-12(7-16)17-11(5)13(9(3)14)10(4)15-17/h8-9,12H,6-7,14H2,1-5H3. The molecule has 0 bridgehead atoms. The molecule has 2 heterocycles. The summed E-state index contributed by atoms with van der Waals surface area (Å²) in [4.78, 5) is 2.46. The minimum absolute atomic E-state index is 0.0741. The maximum absolute atomic E-state index is 6.00. The Kier molecular flexibility index (Phi) is 3.27. The first-order chi connectivity index (χ1) is 7.91. The molecule has 1 aliphatic heterocycles. The highest BCUT2D eigenvalue weighted by molar-refractivity contribution is 5.28. The maximum atomic E-state index is 6.00. The second-order valence-corrected chi connectivity index (χ2v) is 5.52. The summed E-state index contributed by atoms with van der Waals surface area (Å²) in [6, 6.07) is 1.24. The van der Waals surface area contributed by atoms with E-state index in [4.69, 9.17) is 5.73 Å². The molecule has 1 fully saturated rings. The molecule has 1 atom stereocenters. The Bertz CT molecular complexity index is 400. The van der Waals surface area contributed by atoms with Crippen LogP contribution in [0.1, 0.15) is 49.8 Å². The van der Waals surface area contributed by atoms with Gasteiger partial charge < -0.3 is 5.73 Å². The number of nitrogens with two attached hydrogens (primary N) is 1. The van der Waals surface area contributed by atoms with Crippen LogP contribution in [0, 0.1) is 13.8 Å². The molecule has 0 saturated carbocycles. The van der Waals surface area contributed by atoms with Crippen LogP contribution in [0.4, 0.5) is 0 Å². The van der Waals surface area contributed by atoms with Crippen molar-refractivity contribution in [3.05, 3.63) is 17.0 Å². The Labute approximate surface area is 104 Å². The predicted octanol–water partition coefficient (Wildman–Crippen LogP) is 1.78. The predicted molar refractivity (Wildman–Crippen MR) is 70.0 cm³/mol. The van der Waals surface area contributed by atoms with E-state index >= 15 is 0 Å². The topological polar surface area (TPSA) is 47.1 Å². The molecule has 4 nitrogen and oxygen atoms in total. The number of hydrogen-bond donors (Lipinski definition) is 1. The lowest BCUT2D eigenvalue weighted by Gasteiger charge is -2.42. The van der Waals surface area contributed by atoms with Gasteiger partial charge in [-0.1, -0.05) is 0 Å². The summed E-state index contributed by atoms with van der Waals surface area (Å²) in [6.45, 7) is 12.9. The molecule has 1 unspecified atom stereocenters. The minimum atomic E-state index is 0.0741. The second-order valence-electron chi connectivity index (χ2n) is 5.52. The Morgan fingerprint density at radius 1 is 1.24 bits per heavy atom. The molecule has 0 radical (unpaired) electrons. The third-order valence-corrected chi connectivity index (χ3v) is 3.80. The summed E-state index contributed by atoms with van der Waals surface area (Å²) in [5, 5.41) is 4.66. The van der Waals surface area contributed by atoms with Crippen molar-refractivity contribution >= 4 is 0 Å². The molecule has 0 spiro atoms. The van der Waals surface area contributed by atoms with E-state index in [1.165, 1.54) is 11.3 Å². The van der Waals surface area contributed by atoms with E-state index in [-0.39, 0.29) is 6.04 Å². The molecule has 1 aromatic rings. The van der Waals surface area contributed by atoms with E-state index < -0.39 is 0 Å². The molecular formula is C13H24N4. The van der Waals surface area contributed by atoms with Crippen LogP contribution < -0.4 is 5.73 Å². The quantitative estimate of drug-likeness (QED) is 0.870. The van der Waals surface area contributed by atoms with Crippen molar-refractivity contribution in [1.82, 2.24) is 14.7 Å². The Hall–Kier alpha value is -0.870. The molecule has 0 aliphatic carbocycles. The number of hydrogen-bond acceptors (Lipinski definition) is 3. The van der Waals surface area contributed by atoms with Gasteiger partial charge in [0.2, 0.25) is 0 Å². The molecule has 1 aromatic heterocycles. The molecule has 0 amide bonds. The van der Waals surface area contributed by atoms with Crippen molar-refractivity contribution in [2.45, 2.75) is 52.7 Å².